The molecule has 0 saturated carbocycles. The Hall–Kier alpha value is -1.23. The van der Waals surface area contributed by atoms with Gasteiger partial charge in [-0.05, 0) is 46.8 Å². The molecule has 0 amide bonds. The summed E-state index contributed by atoms with van der Waals surface area (Å²) in [6.07, 6.45) is 2.41. The second-order valence-electron chi connectivity index (χ2n) is 4.45. The van der Waals surface area contributed by atoms with E-state index in [0.29, 0.717) is 19.6 Å². The van der Waals surface area contributed by atoms with E-state index in [0.717, 1.165) is 39.9 Å². The number of halogens is 1. The van der Waals surface area contributed by atoms with Gasteiger partial charge in [0.15, 0.2) is 11.5 Å². The number of carboxylic acid groups (broad SMARTS) is 1. The molecule has 2 rings (SSSR count). The molecule has 104 valence electrons. The van der Waals surface area contributed by atoms with Crippen molar-refractivity contribution in [1.29, 1.82) is 0 Å². The summed E-state index contributed by atoms with van der Waals surface area (Å²) < 4.78 is 12.2. The maximum Gasteiger partial charge on any atom is 0.303 e. The van der Waals surface area contributed by atoms with E-state index in [-0.39, 0.29) is 6.42 Å². The van der Waals surface area contributed by atoms with Crippen molar-refractivity contribution in [1.82, 2.24) is 0 Å². The number of hydrogen-bond donors (Lipinski definition) is 1. The Balaban J connectivity index is 2.27. The van der Waals surface area contributed by atoms with Gasteiger partial charge in [-0.3, -0.25) is 4.79 Å². The summed E-state index contributed by atoms with van der Waals surface area (Å²) in [6, 6.07) is 2.02. The van der Waals surface area contributed by atoms with E-state index in [1.54, 1.807) is 0 Å². The number of aliphatic carboxylic acids is 1. The van der Waals surface area contributed by atoms with E-state index in [4.69, 9.17) is 14.6 Å². The largest absolute Gasteiger partial charge is 0.486 e. The SMILES string of the molecule is CCc1c(CCCC(=O)O)cc(Br)c2c1OCCO2. The average molecular weight is 329 g/mol. The first-order valence-electron chi connectivity index (χ1n) is 6.45. The molecule has 1 aliphatic heterocycles. The molecule has 5 heteroatoms. The second-order valence-corrected chi connectivity index (χ2v) is 5.31. The van der Waals surface area contributed by atoms with Gasteiger partial charge >= 0.3 is 5.97 Å². The Bertz CT molecular complexity index is 485. The Morgan fingerprint density at radius 1 is 1.37 bits per heavy atom. The van der Waals surface area contributed by atoms with Gasteiger partial charge in [0, 0.05) is 12.0 Å². The molecule has 0 radical (unpaired) electrons. The molecule has 0 spiro atoms. The van der Waals surface area contributed by atoms with Crippen LogP contribution in [0.4, 0.5) is 0 Å². The molecule has 1 N–H and O–H groups in total. The summed E-state index contributed by atoms with van der Waals surface area (Å²) >= 11 is 3.50. The first-order chi connectivity index (χ1) is 9.13. The molecule has 19 heavy (non-hydrogen) atoms. The third-order valence-electron chi connectivity index (χ3n) is 3.15. The van der Waals surface area contributed by atoms with Gasteiger partial charge in [0.2, 0.25) is 0 Å². The van der Waals surface area contributed by atoms with Crippen LogP contribution in [0.2, 0.25) is 0 Å². The minimum Gasteiger partial charge on any atom is -0.486 e. The summed E-state index contributed by atoms with van der Waals surface area (Å²) in [5.74, 6) is 0.827. The third kappa shape index (κ3) is 3.21. The van der Waals surface area contributed by atoms with Gasteiger partial charge in [-0.2, -0.15) is 0 Å². The molecule has 1 aromatic carbocycles. The Labute approximate surface area is 120 Å². The van der Waals surface area contributed by atoms with Crippen molar-refractivity contribution < 1.29 is 19.4 Å². The fourth-order valence-electron chi connectivity index (χ4n) is 2.31. The average Bonchev–Trinajstić information content (AvgIpc) is 2.39. The first-order valence-corrected chi connectivity index (χ1v) is 7.24. The first kappa shape index (κ1) is 14.2. The van der Waals surface area contributed by atoms with E-state index in [9.17, 15) is 4.79 Å². The molecule has 0 unspecified atom stereocenters. The molecule has 0 bridgehead atoms. The molecule has 1 aliphatic rings. The molecular formula is C14H17BrO4. The Morgan fingerprint density at radius 2 is 2.05 bits per heavy atom. The van der Waals surface area contributed by atoms with Crippen LogP contribution in [0.1, 0.15) is 30.9 Å². The van der Waals surface area contributed by atoms with Crippen molar-refractivity contribution in [3.63, 3.8) is 0 Å². The van der Waals surface area contributed by atoms with E-state index >= 15 is 0 Å². The van der Waals surface area contributed by atoms with Gasteiger partial charge in [-0.25, -0.2) is 0 Å². The highest BCUT2D eigenvalue weighted by Crippen LogP contribution is 2.42. The minimum atomic E-state index is -0.755. The standard InChI is InChI=1S/C14H17BrO4/c1-2-10-9(4-3-5-12(16)17)8-11(15)14-13(10)18-6-7-19-14/h8H,2-7H2,1H3,(H,16,17). The number of rotatable bonds is 5. The van der Waals surface area contributed by atoms with Gasteiger partial charge in [0.1, 0.15) is 13.2 Å². The van der Waals surface area contributed by atoms with Crippen LogP contribution < -0.4 is 9.47 Å². The molecule has 4 nitrogen and oxygen atoms in total. The number of carbonyl (C=O) groups is 1. The van der Waals surface area contributed by atoms with Crippen LogP contribution in [0.3, 0.4) is 0 Å². The van der Waals surface area contributed by atoms with E-state index in [1.165, 1.54) is 0 Å². The number of aryl methyl sites for hydroxylation is 1. The van der Waals surface area contributed by atoms with Gasteiger partial charge in [-0.15, -0.1) is 0 Å². The lowest BCUT2D eigenvalue weighted by Crippen LogP contribution is -2.18. The molecule has 0 fully saturated rings. The van der Waals surface area contributed by atoms with Crippen LogP contribution >= 0.6 is 15.9 Å². The number of fused-ring (bicyclic) bond motifs is 1. The number of ether oxygens (including phenoxy) is 2. The predicted octanol–water partition coefficient (Wildman–Crippen LogP) is 3.19. The topological polar surface area (TPSA) is 55.8 Å². The van der Waals surface area contributed by atoms with Crippen LogP contribution in [-0.4, -0.2) is 24.3 Å². The summed E-state index contributed by atoms with van der Waals surface area (Å²) in [7, 11) is 0. The molecule has 1 aromatic rings. The zero-order valence-corrected chi connectivity index (χ0v) is 12.5. The normalized spacial score (nSPS) is 13.4. The second kappa shape index (κ2) is 6.28. The van der Waals surface area contributed by atoms with Crippen LogP contribution in [0.25, 0.3) is 0 Å². The lowest BCUT2D eigenvalue weighted by atomic mass is 9.98. The zero-order valence-electron chi connectivity index (χ0n) is 10.9. The maximum absolute atomic E-state index is 10.6. The Kier molecular flexibility index (Phi) is 4.69. The molecule has 0 aliphatic carbocycles. The third-order valence-corrected chi connectivity index (χ3v) is 3.74. The maximum atomic E-state index is 10.6. The molecule has 0 saturated heterocycles. The summed E-state index contributed by atoms with van der Waals surface area (Å²) in [4.78, 5) is 10.6. The summed E-state index contributed by atoms with van der Waals surface area (Å²) in [6.45, 7) is 3.19. The van der Waals surface area contributed by atoms with Crippen molar-refractivity contribution in [3.05, 3.63) is 21.7 Å². The fraction of sp³-hybridized carbons (Fsp3) is 0.500. The van der Waals surface area contributed by atoms with E-state index < -0.39 is 5.97 Å². The number of hydrogen-bond acceptors (Lipinski definition) is 3. The lowest BCUT2D eigenvalue weighted by molar-refractivity contribution is -0.137. The molecule has 0 atom stereocenters. The smallest absolute Gasteiger partial charge is 0.303 e. The van der Waals surface area contributed by atoms with Crippen LogP contribution in [0.5, 0.6) is 11.5 Å². The minimum absolute atomic E-state index is 0.190. The van der Waals surface area contributed by atoms with Crippen molar-refractivity contribution in [2.45, 2.75) is 32.6 Å². The summed E-state index contributed by atoms with van der Waals surface area (Å²) in [5.41, 5.74) is 2.27. The van der Waals surface area contributed by atoms with Gasteiger partial charge in [0.25, 0.3) is 0 Å². The van der Waals surface area contributed by atoms with Crippen LogP contribution in [-0.2, 0) is 17.6 Å². The van der Waals surface area contributed by atoms with E-state index in [2.05, 4.69) is 22.9 Å². The molecular weight excluding hydrogens is 312 g/mol. The van der Waals surface area contributed by atoms with Crippen molar-refractivity contribution in [2.75, 3.05) is 13.2 Å². The quantitative estimate of drug-likeness (QED) is 0.901. The number of carboxylic acids is 1. The predicted molar refractivity (Wildman–Crippen MR) is 75.1 cm³/mol. The van der Waals surface area contributed by atoms with Crippen LogP contribution in [0, 0.1) is 0 Å². The van der Waals surface area contributed by atoms with Crippen molar-refractivity contribution >= 4 is 21.9 Å². The highest BCUT2D eigenvalue weighted by molar-refractivity contribution is 9.10. The Morgan fingerprint density at radius 3 is 2.68 bits per heavy atom. The van der Waals surface area contributed by atoms with Crippen molar-refractivity contribution in [3.8, 4) is 11.5 Å². The summed E-state index contributed by atoms with van der Waals surface area (Å²) in [5, 5.41) is 8.71. The van der Waals surface area contributed by atoms with Crippen LogP contribution in [0.15, 0.2) is 10.5 Å². The molecule has 1 heterocycles. The van der Waals surface area contributed by atoms with Gasteiger partial charge in [-0.1, -0.05) is 6.92 Å². The van der Waals surface area contributed by atoms with Gasteiger partial charge in [0.05, 0.1) is 4.47 Å². The van der Waals surface area contributed by atoms with E-state index in [1.807, 2.05) is 6.07 Å². The zero-order chi connectivity index (χ0) is 13.8. The fourth-order valence-corrected chi connectivity index (χ4v) is 2.88. The lowest BCUT2D eigenvalue weighted by Gasteiger charge is -2.24. The monoisotopic (exact) mass is 328 g/mol. The highest BCUT2D eigenvalue weighted by atomic mass is 79.9. The number of benzene rings is 1. The van der Waals surface area contributed by atoms with Crippen molar-refractivity contribution in [2.24, 2.45) is 0 Å². The highest BCUT2D eigenvalue weighted by Gasteiger charge is 2.21. The molecule has 0 aromatic heterocycles. The van der Waals surface area contributed by atoms with Gasteiger partial charge < -0.3 is 14.6 Å².